The summed E-state index contributed by atoms with van der Waals surface area (Å²) in [7, 11) is 3.40. The van der Waals surface area contributed by atoms with Gasteiger partial charge in [0.2, 0.25) is 5.91 Å². The summed E-state index contributed by atoms with van der Waals surface area (Å²) in [5, 5.41) is 6.55. The van der Waals surface area contributed by atoms with Crippen molar-refractivity contribution in [2.45, 2.75) is 24.8 Å². The minimum Gasteiger partial charge on any atom is -0.497 e. The SMILES string of the molecule is CC(=O)Nc1ccc2nc(C(C)N3CCNCC3)n(C)c(=O)c2c1.COc1ccc(S)cc1. The maximum Gasteiger partial charge on any atom is 0.261 e. The van der Waals surface area contributed by atoms with E-state index in [2.05, 4.69) is 35.1 Å². The second-order valence-electron chi connectivity index (χ2n) is 7.91. The molecule has 0 saturated carbocycles. The first-order valence-corrected chi connectivity index (χ1v) is 11.3. The summed E-state index contributed by atoms with van der Waals surface area (Å²) >= 11 is 4.11. The van der Waals surface area contributed by atoms with E-state index < -0.39 is 0 Å². The maximum atomic E-state index is 12.8. The van der Waals surface area contributed by atoms with Crippen LogP contribution in [0.3, 0.4) is 0 Å². The number of thiol groups is 1. The first-order valence-electron chi connectivity index (χ1n) is 10.9. The van der Waals surface area contributed by atoms with E-state index in [1.54, 1.807) is 36.9 Å². The van der Waals surface area contributed by atoms with Gasteiger partial charge in [0.25, 0.3) is 5.56 Å². The second-order valence-corrected chi connectivity index (χ2v) is 8.42. The highest BCUT2D eigenvalue weighted by molar-refractivity contribution is 7.80. The molecule has 0 aliphatic carbocycles. The molecule has 33 heavy (non-hydrogen) atoms. The molecule has 1 fully saturated rings. The van der Waals surface area contributed by atoms with Gasteiger partial charge in [0.1, 0.15) is 11.6 Å². The minimum atomic E-state index is -0.164. The third-order valence-electron chi connectivity index (χ3n) is 5.58. The molecule has 1 amide bonds. The van der Waals surface area contributed by atoms with Crippen LogP contribution in [0.25, 0.3) is 10.9 Å². The summed E-state index contributed by atoms with van der Waals surface area (Å²) in [6.45, 7) is 7.31. The fourth-order valence-corrected chi connectivity index (χ4v) is 3.91. The lowest BCUT2D eigenvalue weighted by Crippen LogP contribution is -2.45. The number of hydrogen-bond acceptors (Lipinski definition) is 7. The molecule has 2 heterocycles. The molecule has 3 aromatic rings. The average molecular weight is 470 g/mol. The number of rotatable bonds is 4. The summed E-state index contributed by atoms with van der Waals surface area (Å²) in [4.78, 5) is 32.0. The van der Waals surface area contributed by atoms with Crippen LogP contribution in [0.15, 0.2) is 52.2 Å². The molecule has 1 aromatic heterocycles. The number of nitrogens with one attached hydrogen (secondary N) is 2. The van der Waals surface area contributed by atoms with Crippen molar-refractivity contribution in [3.8, 4) is 5.75 Å². The Labute approximate surface area is 199 Å². The van der Waals surface area contributed by atoms with Crippen LogP contribution in [-0.2, 0) is 11.8 Å². The zero-order valence-electron chi connectivity index (χ0n) is 19.5. The standard InChI is InChI=1S/C17H23N5O2.C7H8OS/c1-11(22-8-6-18-7-9-22)16-20-15-5-4-13(19-12(2)23)10-14(15)17(24)21(16)3;1-8-6-2-4-7(9)5-3-6/h4-5,10-11,18H,6-9H2,1-3H3,(H,19,23);2-5,9H,1H3. The predicted octanol–water partition coefficient (Wildman–Crippen LogP) is 2.84. The first kappa shape index (κ1) is 24.8. The van der Waals surface area contributed by atoms with Crippen LogP contribution < -0.4 is 20.9 Å². The smallest absolute Gasteiger partial charge is 0.261 e. The van der Waals surface area contributed by atoms with Gasteiger partial charge in [-0.25, -0.2) is 4.98 Å². The van der Waals surface area contributed by atoms with E-state index in [-0.39, 0.29) is 17.5 Å². The van der Waals surface area contributed by atoms with Gasteiger partial charge < -0.3 is 15.4 Å². The van der Waals surface area contributed by atoms with Gasteiger partial charge in [0.05, 0.1) is 24.1 Å². The lowest BCUT2D eigenvalue weighted by molar-refractivity contribution is -0.114. The fraction of sp³-hybridized carbons (Fsp3) is 0.375. The van der Waals surface area contributed by atoms with Gasteiger partial charge in [-0.05, 0) is 49.4 Å². The van der Waals surface area contributed by atoms with Crippen LogP contribution in [0.4, 0.5) is 5.69 Å². The van der Waals surface area contributed by atoms with Crippen molar-refractivity contribution in [1.82, 2.24) is 19.8 Å². The van der Waals surface area contributed by atoms with Crippen molar-refractivity contribution >= 4 is 35.1 Å². The minimum absolute atomic E-state index is 0.0734. The number of nitrogens with zero attached hydrogens (tertiary/aromatic N) is 3. The van der Waals surface area contributed by atoms with E-state index >= 15 is 0 Å². The Kier molecular flexibility index (Phi) is 8.49. The molecule has 1 aliphatic rings. The Morgan fingerprint density at radius 2 is 1.85 bits per heavy atom. The number of benzene rings is 2. The number of methoxy groups -OCH3 is 1. The van der Waals surface area contributed by atoms with Gasteiger partial charge in [0.15, 0.2) is 0 Å². The highest BCUT2D eigenvalue weighted by atomic mass is 32.1. The molecule has 0 radical (unpaired) electrons. The largest absolute Gasteiger partial charge is 0.497 e. The number of hydrogen-bond donors (Lipinski definition) is 3. The highest BCUT2D eigenvalue weighted by Crippen LogP contribution is 2.21. The average Bonchev–Trinajstić information content (AvgIpc) is 2.82. The molecule has 1 aliphatic heterocycles. The monoisotopic (exact) mass is 469 g/mol. The van der Waals surface area contributed by atoms with Gasteiger partial charge in [-0.2, -0.15) is 0 Å². The molecule has 1 atom stereocenters. The van der Waals surface area contributed by atoms with Crippen LogP contribution in [0.2, 0.25) is 0 Å². The van der Waals surface area contributed by atoms with E-state index in [0.717, 1.165) is 42.6 Å². The second kappa shape index (κ2) is 11.3. The summed E-state index contributed by atoms with van der Waals surface area (Å²) in [6, 6.07) is 12.9. The lowest BCUT2D eigenvalue weighted by atomic mass is 10.1. The summed E-state index contributed by atoms with van der Waals surface area (Å²) in [5.74, 6) is 1.47. The molecule has 176 valence electrons. The van der Waals surface area contributed by atoms with Crippen LogP contribution in [0.1, 0.15) is 25.7 Å². The number of carbonyl (C=O) groups is 1. The van der Waals surface area contributed by atoms with Crippen molar-refractivity contribution in [3.05, 3.63) is 58.6 Å². The third kappa shape index (κ3) is 6.34. The molecule has 2 aromatic carbocycles. The molecule has 8 nitrogen and oxygen atoms in total. The van der Waals surface area contributed by atoms with E-state index in [1.165, 1.54) is 6.92 Å². The van der Waals surface area contributed by atoms with E-state index in [4.69, 9.17) is 9.72 Å². The van der Waals surface area contributed by atoms with Crippen molar-refractivity contribution < 1.29 is 9.53 Å². The number of carbonyl (C=O) groups excluding carboxylic acids is 1. The molecule has 0 spiro atoms. The molecule has 0 bridgehead atoms. The quantitative estimate of drug-likeness (QED) is 0.510. The van der Waals surface area contributed by atoms with Crippen molar-refractivity contribution in [2.24, 2.45) is 7.05 Å². The van der Waals surface area contributed by atoms with Gasteiger partial charge >= 0.3 is 0 Å². The molecule has 2 N–H and O–H groups in total. The number of aromatic nitrogens is 2. The van der Waals surface area contributed by atoms with Crippen molar-refractivity contribution in [1.29, 1.82) is 0 Å². The van der Waals surface area contributed by atoms with Gasteiger partial charge in [-0.3, -0.25) is 19.1 Å². The van der Waals surface area contributed by atoms with Gasteiger partial charge in [-0.1, -0.05) is 0 Å². The number of fused-ring (bicyclic) bond motifs is 1. The van der Waals surface area contributed by atoms with Gasteiger partial charge in [-0.15, -0.1) is 12.6 Å². The molecular weight excluding hydrogens is 438 g/mol. The Bertz CT molecular complexity index is 1160. The summed E-state index contributed by atoms with van der Waals surface area (Å²) in [6.07, 6.45) is 0. The molecule has 1 unspecified atom stereocenters. The van der Waals surface area contributed by atoms with Crippen LogP contribution in [0, 0.1) is 0 Å². The number of anilines is 1. The Morgan fingerprint density at radius 1 is 1.18 bits per heavy atom. The van der Waals surface area contributed by atoms with Crippen molar-refractivity contribution in [2.75, 3.05) is 38.6 Å². The number of amides is 1. The normalized spacial score (nSPS) is 14.8. The molecular formula is C24H31N5O3S. The van der Waals surface area contributed by atoms with E-state index in [1.807, 2.05) is 24.3 Å². The molecule has 4 rings (SSSR count). The summed E-state index contributed by atoms with van der Waals surface area (Å²) < 4.78 is 6.55. The molecule has 9 heteroatoms. The van der Waals surface area contributed by atoms with E-state index in [9.17, 15) is 9.59 Å². The van der Waals surface area contributed by atoms with Crippen LogP contribution >= 0.6 is 12.6 Å². The zero-order chi connectivity index (χ0) is 24.0. The predicted molar refractivity (Wildman–Crippen MR) is 134 cm³/mol. The third-order valence-corrected chi connectivity index (χ3v) is 5.87. The highest BCUT2D eigenvalue weighted by Gasteiger charge is 2.22. The lowest BCUT2D eigenvalue weighted by Gasteiger charge is -2.33. The fourth-order valence-electron chi connectivity index (χ4n) is 3.76. The maximum absolute atomic E-state index is 12.8. The van der Waals surface area contributed by atoms with E-state index in [0.29, 0.717) is 16.6 Å². The Hall–Kier alpha value is -2.88. The Balaban J connectivity index is 0.000000286. The van der Waals surface area contributed by atoms with Crippen LogP contribution in [0.5, 0.6) is 5.75 Å². The van der Waals surface area contributed by atoms with Crippen molar-refractivity contribution in [3.63, 3.8) is 0 Å². The number of piperazine rings is 1. The Morgan fingerprint density at radius 3 is 2.45 bits per heavy atom. The topological polar surface area (TPSA) is 88.5 Å². The molecule has 1 saturated heterocycles. The van der Waals surface area contributed by atoms with Crippen LogP contribution in [-0.4, -0.2) is 53.6 Å². The number of ether oxygens (including phenoxy) is 1. The summed E-state index contributed by atoms with van der Waals surface area (Å²) in [5.41, 5.74) is 1.17. The zero-order valence-corrected chi connectivity index (χ0v) is 20.4. The van der Waals surface area contributed by atoms with Gasteiger partial charge in [0, 0.05) is 50.7 Å². The first-order chi connectivity index (χ1) is 15.8.